The Balaban J connectivity index is 0.928. The molecule has 3 saturated heterocycles. The summed E-state index contributed by atoms with van der Waals surface area (Å²) in [5, 5.41) is 5.91. The number of piperidine rings is 2. The Morgan fingerprint density at radius 3 is 2.23 bits per heavy atom. The summed E-state index contributed by atoms with van der Waals surface area (Å²) in [6, 6.07) is 18.6. The van der Waals surface area contributed by atoms with E-state index in [1.807, 2.05) is 80.3 Å². The number of carbonyl (C=O) groups excluding carboxylic acids is 1. The number of benzene rings is 2. The normalized spacial score (nSPS) is 19.2. The van der Waals surface area contributed by atoms with Crippen molar-refractivity contribution >= 4 is 22.9 Å². The third kappa shape index (κ3) is 7.06. The van der Waals surface area contributed by atoms with Gasteiger partial charge in [0.1, 0.15) is 34.9 Å². The quantitative estimate of drug-likeness (QED) is 0.267. The third-order valence-corrected chi connectivity index (χ3v) is 9.71. The number of nitrogen functional groups attached to an aromatic ring is 1. The fraction of sp³-hybridized carbons (Fsp3) is 0.500. The first-order valence-corrected chi connectivity index (χ1v) is 17.0. The van der Waals surface area contributed by atoms with Crippen LogP contribution in [0.4, 0.5) is 10.6 Å². The average molecular weight is 639 g/mol. The number of para-hydroxylation sites is 1. The van der Waals surface area contributed by atoms with Crippen LogP contribution in [0.1, 0.15) is 52.5 Å². The summed E-state index contributed by atoms with van der Waals surface area (Å²) in [5.41, 5.74) is 8.52. The largest absolute Gasteiger partial charge is 0.457 e. The highest BCUT2D eigenvalue weighted by Gasteiger charge is 2.37. The molecule has 2 N–H and O–H groups in total. The molecule has 3 aliphatic heterocycles. The zero-order chi connectivity index (χ0) is 32.5. The Hall–Kier alpha value is -4.22. The van der Waals surface area contributed by atoms with Gasteiger partial charge in [-0.1, -0.05) is 18.2 Å². The van der Waals surface area contributed by atoms with E-state index < -0.39 is 5.60 Å². The summed E-state index contributed by atoms with van der Waals surface area (Å²) in [4.78, 5) is 28.5. The van der Waals surface area contributed by atoms with Crippen LogP contribution in [0.5, 0.6) is 11.5 Å². The number of amides is 1. The SMILES string of the molecule is CC(C)(C)OC(=O)N1CCC(CN2CC(N3CCC(n4nc(-c5ccc(Oc6ccccc6)cc5)c5c(N)ncnc54)CC3)C2)CC1. The van der Waals surface area contributed by atoms with Gasteiger partial charge >= 0.3 is 6.09 Å². The molecule has 0 unspecified atom stereocenters. The summed E-state index contributed by atoms with van der Waals surface area (Å²) in [6.45, 7) is 12.8. The van der Waals surface area contributed by atoms with E-state index in [1.54, 1.807) is 0 Å². The Labute approximate surface area is 276 Å². The van der Waals surface area contributed by atoms with Gasteiger partial charge in [0, 0.05) is 57.4 Å². The lowest BCUT2D eigenvalue weighted by molar-refractivity contribution is -0.00412. The molecular formula is C36H46N8O3. The molecule has 248 valence electrons. The van der Waals surface area contributed by atoms with Crippen LogP contribution in [-0.2, 0) is 4.74 Å². The smallest absolute Gasteiger partial charge is 0.410 e. The average Bonchev–Trinajstić information content (AvgIpc) is 3.44. The molecule has 2 aromatic carbocycles. The molecular weight excluding hydrogens is 592 g/mol. The number of carbonyl (C=O) groups is 1. The third-order valence-electron chi connectivity index (χ3n) is 9.71. The lowest BCUT2D eigenvalue weighted by Gasteiger charge is -2.49. The monoisotopic (exact) mass is 638 g/mol. The Kier molecular flexibility index (Phi) is 8.76. The van der Waals surface area contributed by atoms with Crippen molar-refractivity contribution in [3.8, 4) is 22.8 Å². The van der Waals surface area contributed by atoms with E-state index in [-0.39, 0.29) is 12.1 Å². The maximum absolute atomic E-state index is 12.4. The number of hydrogen-bond acceptors (Lipinski definition) is 9. The second kappa shape index (κ2) is 13.1. The van der Waals surface area contributed by atoms with Gasteiger partial charge in [-0.05, 0) is 88.8 Å². The second-order valence-corrected chi connectivity index (χ2v) is 14.2. The first-order valence-electron chi connectivity index (χ1n) is 17.0. The lowest BCUT2D eigenvalue weighted by Crippen LogP contribution is -2.61. The zero-order valence-corrected chi connectivity index (χ0v) is 27.7. The molecule has 3 fully saturated rings. The maximum atomic E-state index is 12.4. The van der Waals surface area contributed by atoms with Crippen molar-refractivity contribution in [1.82, 2.24) is 34.4 Å². The molecule has 7 rings (SSSR count). The van der Waals surface area contributed by atoms with E-state index in [9.17, 15) is 4.79 Å². The van der Waals surface area contributed by atoms with Crippen LogP contribution in [0, 0.1) is 5.92 Å². The number of fused-ring (bicyclic) bond motifs is 1. The number of anilines is 1. The first-order chi connectivity index (χ1) is 22.7. The van der Waals surface area contributed by atoms with Gasteiger partial charge in [0.05, 0.1) is 11.4 Å². The van der Waals surface area contributed by atoms with Gasteiger partial charge < -0.3 is 20.1 Å². The highest BCUT2D eigenvalue weighted by molar-refractivity contribution is 5.98. The van der Waals surface area contributed by atoms with Crippen molar-refractivity contribution in [3.05, 3.63) is 60.9 Å². The molecule has 0 atom stereocenters. The maximum Gasteiger partial charge on any atom is 0.410 e. The lowest BCUT2D eigenvalue weighted by atomic mass is 9.93. The van der Waals surface area contributed by atoms with Crippen LogP contribution in [-0.4, -0.2) is 98.0 Å². The Morgan fingerprint density at radius 1 is 0.872 bits per heavy atom. The molecule has 0 spiro atoms. The molecule has 0 radical (unpaired) electrons. The number of likely N-dealkylation sites (tertiary alicyclic amines) is 3. The standard InChI is InChI=1S/C36H46N8O3/c1-36(2,3)47-35(45)43-17-13-25(14-18-43)21-41-22-28(23-41)42-19-15-27(16-20-42)44-34-31(33(37)38-24-39-34)32(40-44)26-9-11-30(12-10-26)46-29-7-5-4-6-8-29/h4-12,24-25,27-28H,13-23H2,1-3H3,(H2,37,38,39). The van der Waals surface area contributed by atoms with Crippen molar-refractivity contribution < 1.29 is 14.3 Å². The number of rotatable bonds is 7. The van der Waals surface area contributed by atoms with E-state index in [1.165, 1.54) is 6.33 Å². The number of aromatic nitrogens is 4. The van der Waals surface area contributed by atoms with Crippen molar-refractivity contribution in [2.45, 2.75) is 64.1 Å². The molecule has 2 aromatic heterocycles. The number of nitrogens with two attached hydrogens (primary N) is 1. The molecule has 0 saturated carbocycles. The summed E-state index contributed by atoms with van der Waals surface area (Å²) >= 11 is 0. The fourth-order valence-corrected chi connectivity index (χ4v) is 7.17. The molecule has 0 bridgehead atoms. The summed E-state index contributed by atoms with van der Waals surface area (Å²) in [5.74, 6) is 2.65. The van der Waals surface area contributed by atoms with Crippen LogP contribution in [0.15, 0.2) is 60.9 Å². The molecule has 4 aromatic rings. The molecule has 1 amide bonds. The number of nitrogens with zero attached hydrogens (tertiary/aromatic N) is 7. The van der Waals surface area contributed by atoms with Crippen molar-refractivity contribution in [2.24, 2.45) is 5.92 Å². The Morgan fingerprint density at radius 2 is 1.55 bits per heavy atom. The highest BCUT2D eigenvalue weighted by Crippen LogP contribution is 2.36. The van der Waals surface area contributed by atoms with E-state index >= 15 is 0 Å². The number of ether oxygens (including phenoxy) is 2. The molecule has 47 heavy (non-hydrogen) atoms. The fourth-order valence-electron chi connectivity index (χ4n) is 7.17. The van der Waals surface area contributed by atoms with E-state index in [4.69, 9.17) is 20.3 Å². The second-order valence-electron chi connectivity index (χ2n) is 14.2. The van der Waals surface area contributed by atoms with Gasteiger partial charge in [0.15, 0.2) is 5.65 Å². The van der Waals surface area contributed by atoms with E-state index in [0.29, 0.717) is 17.8 Å². The van der Waals surface area contributed by atoms with Crippen LogP contribution in [0.3, 0.4) is 0 Å². The van der Waals surface area contributed by atoms with Crippen molar-refractivity contribution in [1.29, 1.82) is 0 Å². The summed E-state index contributed by atoms with van der Waals surface area (Å²) in [7, 11) is 0. The van der Waals surface area contributed by atoms with Gasteiger partial charge in [-0.3, -0.25) is 9.80 Å². The predicted molar refractivity (Wildman–Crippen MR) is 182 cm³/mol. The topological polar surface area (TPSA) is 115 Å². The number of hydrogen-bond donors (Lipinski definition) is 1. The zero-order valence-electron chi connectivity index (χ0n) is 27.7. The minimum atomic E-state index is -0.446. The molecule has 3 aliphatic rings. The van der Waals surface area contributed by atoms with Gasteiger partial charge in [-0.2, -0.15) is 5.10 Å². The molecule has 11 nitrogen and oxygen atoms in total. The summed E-state index contributed by atoms with van der Waals surface area (Å²) < 4.78 is 13.6. The van der Waals surface area contributed by atoms with Gasteiger partial charge in [-0.25, -0.2) is 19.4 Å². The van der Waals surface area contributed by atoms with Crippen LogP contribution in [0.2, 0.25) is 0 Å². The molecule has 11 heteroatoms. The molecule has 0 aliphatic carbocycles. The predicted octanol–water partition coefficient (Wildman–Crippen LogP) is 5.84. The van der Waals surface area contributed by atoms with Crippen LogP contribution < -0.4 is 10.5 Å². The first kappa shape index (κ1) is 31.4. The van der Waals surface area contributed by atoms with Crippen LogP contribution >= 0.6 is 0 Å². The van der Waals surface area contributed by atoms with E-state index in [0.717, 1.165) is 105 Å². The van der Waals surface area contributed by atoms with E-state index in [2.05, 4.69) is 24.4 Å². The van der Waals surface area contributed by atoms with Gasteiger partial charge in [-0.15, -0.1) is 0 Å². The summed E-state index contributed by atoms with van der Waals surface area (Å²) in [6.07, 6.45) is 5.49. The minimum absolute atomic E-state index is 0.179. The minimum Gasteiger partial charge on any atom is -0.457 e. The van der Waals surface area contributed by atoms with Gasteiger partial charge in [0.25, 0.3) is 0 Å². The van der Waals surface area contributed by atoms with Crippen molar-refractivity contribution in [3.63, 3.8) is 0 Å². The van der Waals surface area contributed by atoms with Crippen LogP contribution in [0.25, 0.3) is 22.3 Å². The van der Waals surface area contributed by atoms with Gasteiger partial charge in [0.2, 0.25) is 0 Å². The van der Waals surface area contributed by atoms with Crippen molar-refractivity contribution in [2.75, 3.05) is 51.5 Å². The highest BCUT2D eigenvalue weighted by atomic mass is 16.6. The Bertz CT molecular complexity index is 1660. The molecule has 5 heterocycles.